The molecule has 2 amide bonds. The number of sulfonamides is 1. The van der Waals surface area contributed by atoms with E-state index >= 15 is 0 Å². The topological polar surface area (TPSA) is 116 Å². The molecule has 0 aliphatic carbocycles. The number of amides is 2. The first-order valence-electron chi connectivity index (χ1n) is 9.81. The van der Waals surface area contributed by atoms with E-state index < -0.39 is 16.1 Å². The van der Waals surface area contributed by atoms with Crippen molar-refractivity contribution in [3.63, 3.8) is 0 Å². The number of nitrogens with zero attached hydrogens (tertiary/aromatic N) is 1. The second kappa shape index (κ2) is 9.73. The Labute approximate surface area is 176 Å². The van der Waals surface area contributed by atoms with Gasteiger partial charge in [-0.15, -0.1) is 0 Å². The number of rotatable bonds is 7. The zero-order valence-corrected chi connectivity index (χ0v) is 17.3. The van der Waals surface area contributed by atoms with Gasteiger partial charge in [0.05, 0.1) is 4.90 Å². The van der Waals surface area contributed by atoms with Crippen LogP contribution in [0.5, 0.6) is 5.75 Å². The summed E-state index contributed by atoms with van der Waals surface area (Å²) in [5.41, 5.74) is 0.395. The molecule has 160 valence electrons. The highest BCUT2D eigenvalue weighted by Gasteiger charge is 2.37. The smallest absolute Gasteiger partial charge is 0.251 e. The van der Waals surface area contributed by atoms with Gasteiger partial charge in [0.25, 0.3) is 5.91 Å². The van der Waals surface area contributed by atoms with E-state index in [4.69, 9.17) is 0 Å². The number of hydrogen-bond acceptors (Lipinski definition) is 5. The lowest BCUT2D eigenvalue weighted by atomic mass is 10.0. The third-order valence-electron chi connectivity index (χ3n) is 4.95. The molecule has 2 aromatic rings. The van der Waals surface area contributed by atoms with Gasteiger partial charge in [-0.25, -0.2) is 8.42 Å². The van der Waals surface area contributed by atoms with E-state index in [0.717, 1.165) is 6.42 Å². The zero-order valence-electron chi connectivity index (χ0n) is 16.5. The van der Waals surface area contributed by atoms with Gasteiger partial charge in [0, 0.05) is 25.2 Å². The van der Waals surface area contributed by atoms with Crippen LogP contribution in [0.4, 0.5) is 0 Å². The lowest BCUT2D eigenvalue weighted by molar-refractivity contribution is -0.125. The van der Waals surface area contributed by atoms with Crippen LogP contribution in [0.1, 0.15) is 29.6 Å². The molecular formula is C21H25N3O5S. The minimum Gasteiger partial charge on any atom is -0.508 e. The number of hydrogen-bond donors (Lipinski definition) is 3. The molecule has 0 bridgehead atoms. The summed E-state index contributed by atoms with van der Waals surface area (Å²) in [5.74, 6) is -0.621. The van der Waals surface area contributed by atoms with Crippen molar-refractivity contribution in [3.8, 4) is 5.75 Å². The Balaban J connectivity index is 1.55. The normalized spacial score (nSPS) is 17.3. The standard InChI is InChI=1S/C21H25N3O5S/c25-17-11-9-16(10-12-17)20(26)22-13-14-23-21(27)19-8-4-5-15-24(19)30(28,29)18-6-2-1-3-7-18/h1-3,6-7,9-12,19,25H,4-5,8,13-15H2,(H,22,26)(H,23,27). The van der Waals surface area contributed by atoms with Crippen LogP contribution in [0.2, 0.25) is 0 Å². The number of carbonyl (C=O) groups is 2. The lowest BCUT2D eigenvalue weighted by Crippen LogP contribution is -2.52. The molecule has 0 radical (unpaired) electrons. The fraction of sp³-hybridized carbons (Fsp3) is 0.333. The Morgan fingerprint density at radius 1 is 0.967 bits per heavy atom. The van der Waals surface area contributed by atoms with E-state index in [1.165, 1.54) is 40.7 Å². The SMILES string of the molecule is O=C(NCCNC(=O)C1CCCCN1S(=O)(=O)c1ccccc1)c1ccc(O)cc1. The Bertz CT molecular complexity index is 977. The quantitative estimate of drug-likeness (QED) is 0.575. The molecule has 0 aromatic heterocycles. The van der Waals surface area contributed by atoms with Crippen molar-refractivity contribution in [2.75, 3.05) is 19.6 Å². The van der Waals surface area contributed by atoms with Crippen LogP contribution >= 0.6 is 0 Å². The average Bonchev–Trinajstić information content (AvgIpc) is 2.77. The van der Waals surface area contributed by atoms with Gasteiger partial charge in [-0.1, -0.05) is 24.6 Å². The predicted octanol–water partition coefficient (Wildman–Crippen LogP) is 1.48. The summed E-state index contributed by atoms with van der Waals surface area (Å²) in [7, 11) is -3.76. The van der Waals surface area contributed by atoms with Crippen molar-refractivity contribution in [2.45, 2.75) is 30.2 Å². The van der Waals surface area contributed by atoms with E-state index in [1.807, 2.05) is 0 Å². The van der Waals surface area contributed by atoms with Gasteiger partial charge in [0.1, 0.15) is 11.8 Å². The molecule has 8 nitrogen and oxygen atoms in total. The van der Waals surface area contributed by atoms with Crippen LogP contribution < -0.4 is 10.6 Å². The number of aromatic hydroxyl groups is 1. The molecule has 3 N–H and O–H groups in total. The Kier molecular flexibility index (Phi) is 7.07. The molecule has 2 aromatic carbocycles. The van der Waals surface area contributed by atoms with Crippen molar-refractivity contribution in [1.29, 1.82) is 0 Å². The van der Waals surface area contributed by atoms with Crippen LogP contribution in [0.25, 0.3) is 0 Å². The molecule has 1 aliphatic heterocycles. The lowest BCUT2D eigenvalue weighted by Gasteiger charge is -2.33. The summed E-state index contributed by atoms with van der Waals surface area (Å²) in [6.07, 6.45) is 1.94. The molecule has 0 saturated carbocycles. The second-order valence-corrected chi connectivity index (χ2v) is 8.92. The van der Waals surface area contributed by atoms with Crippen molar-refractivity contribution in [2.24, 2.45) is 0 Å². The molecule has 9 heteroatoms. The maximum absolute atomic E-state index is 13.0. The minimum absolute atomic E-state index is 0.0707. The molecule has 30 heavy (non-hydrogen) atoms. The fourth-order valence-electron chi connectivity index (χ4n) is 3.38. The first-order valence-corrected chi connectivity index (χ1v) is 11.3. The number of piperidine rings is 1. The van der Waals surface area contributed by atoms with Gasteiger partial charge in [-0.05, 0) is 49.2 Å². The summed E-state index contributed by atoms with van der Waals surface area (Å²) in [5, 5.41) is 14.7. The van der Waals surface area contributed by atoms with Gasteiger partial charge in [-0.2, -0.15) is 4.31 Å². The first-order chi connectivity index (χ1) is 14.4. The van der Waals surface area contributed by atoms with Crippen molar-refractivity contribution in [1.82, 2.24) is 14.9 Å². The highest BCUT2D eigenvalue weighted by molar-refractivity contribution is 7.89. The first kappa shape index (κ1) is 21.8. The van der Waals surface area contributed by atoms with Crippen molar-refractivity contribution in [3.05, 3.63) is 60.2 Å². The third-order valence-corrected chi connectivity index (χ3v) is 6.87. The van der Waals surface area contributed by atoms with E-state index in [1.54, 1.807) is 18.2 Å². The van der Waals surface area contributed by atoms with Crippen LogP contribution in [0.15, 0.2) is 59.5 Å². The third kappa shape index (κ3) is 5.17. The van der Waals surface area contributed by atoms with Crippen LogP contribution in [0.3, 0.4) is 0 Å². The van der Waals surface area contributed by atoms with Gasteiger partial charge in [-0.3, -0.25) is 9.59 Å². The summed E-state index contributed by atoms with van der Waals surface area (Å²) in [6, 6.07) is 13.2. The number of carbonyl (C=O) groups excluding carboxylic acids is 2. The highest BCUT2D eigenvalue weighted by Crippen LogP contribution is 2.25. The van der Waals surface area contributed by atoms with E-state index in [0.29, 0.717) is 24.9 Å². The summed E-state index contributed by atoms with van der Waals surface area (Å²) >= 11 is 0. The molecule has 3 rings (SSSR count). The van der Waals surface area contributed by atoms with Gasteiger partial charge >= 0.3 is 0 Å². The van der Waals surface area contributed by atoms with Crippen LogP contribution in [-0.4, -0.2) is 55.3 Å². The van der Waals surface area contributed by atoms with Crippen molar-refractivity contribution < 1.29 is 23.1 Å². The number of nitrogens with one attached hydrogen (secondary N) is 2. The molecule has 1 heterocycles. The van der Waals surface area contributed by atoms with Crippen LogP contribution in [0, 0.1) is 0 Å². The van der Waals surface area contributed by atoms with Gasteiger partial charge in [0.2, 0.25) is 15.9 Å². The van der Waals surface area contributed by atoms with Crippen molar-refractivity contribution >= 4 is 21.8 Å². The number of phenols is 1. The van der Waals surface area contributed by atoms with E-state index in [2.05, 4.69) is 10.6 Å². The summed E-state index contributed by atoms with van der Waals surface area (Å²) in [6.45, 7) is 0.675. The summed E-state index contributed by atoms with van der Waals surface area (Å²) < 4.78 is 27.2. The Morgan fingerprint density at radius 3 is 2.33 bits per heavy atom. The Morgan fingerprint density at radius 2 is 1.63 bits per heavy atom. The largest absolute Gasteiger partial charge is 0.508 e. The maximum Gasteiger partial charge on any atom is 0.251 e. The maximum atomic E-state index is 13.0. The molecule has 1 aliphatic rings. The molecule has 0 spiro atoms. The minimum atomic E-state index is -3.76. The molecule has 1 saturated heterocycles. The number of phenolic OH excluding ortho intramolecular Hbond substituents is 1. The van der Waals surface area contributed by atoms with Crippen LogP contribution in [-0.2, 0) is 14.8 Å². The fourth-order valence-corrected chi connectivity index (χ4v) is 5.05. The zero-order chi connectivity index (χ0) is 21.6. The van der Waals surface area contributed by atoms with E-state index in [-0.39, 0.29) is 35.5 Å². The van der Waals surface area contributed by atoms with Gasteiger partial charge in [0.15, 0.2) is 0 Å². The second-order valence-electron chi connectivity index (χ2n) is 7.03. The molecule has 1 fully saturated rings. The predicted molar refractivity (Wildman–Crippen MR) is 111 cm³/mol. The molecular weight excluding hydrogens is 406 g/mol. The Hall–Kier alpha value is -2.91. The highest BCUT2D eigenvalue weighted by atomic mass is 32.2. The molecule has 1 atom stereocenters. The number of benzene rings is 2. The monoisotopic (exact) mass is 431 g/mol. The average molecular weight is 432 g/mol. The van der Waals surface area contributed by atoms with Gasteiger partial charge < -0.3 is 15.7 Å². The van der Waals surface area contributed by atoms with E-state index in [9.17, 15) is 23.1 Å². The molecule has 1 unspecified atom stereocenters. The summed E-state index contributed by atoms with van der Waals surface area (Å²) in [4.78, 5) is 24.9.